The van der Waals surface area contributed by atoms with Crippen molar-refractivity contribution in [2.24, 2.45) is 17.8 Å². The summed E-state index contributed by atoms with van der Waals surface area (Å²) >= 11 is -0.178. The maximum absolute atomic E-state index is 11.2. The summed E-state index contributed by atoms with van der Waals surface area (Å²) in [4.78, 5) is 4.29. The normalized spacial score (nSPS) is 42.5. The van der Waals surface area contributed by atoms with Crippen LogP contribution in [0, 0.1) is 17.8 Å². The Morgan fingerprint density at radius 2 is 2.30 bits per heavy atom. The summed E-state index contributed by atoms with van der Waals surface area (Å²) in [5, 5.41) is 11.2. The van der Waals surface area contributed by atoms with Gasteiger partial charge in [0, 0.05) is 0 Å². The van der Waals surface area contributed by atoms with Gasteiger partial charge in [-0.15, -0.1) is 0 Å². The van der Waals surface area contributed by atoms with E-state index in [1.54, 1.807) is 5.56 Å². The fourth-order valence-electron chi connectivity index (χ4n) is 4.73. The van der Waals surface area contributed by atoms with Crippen molar-refractivity contribution in [1.82, 2.24) is 4.98 Å². The molecule has 106 valence electrons. The molecule has 1 saturated carbocycles. The van der Waals surface area contributed by atoms with Crippen molar-refractivity contribution in [1.29, 1.82) is 0 Å². The third kappa shape index (κ3) is 1.76. The fraction of sp³-hybridized carbons (Fsp3) is 0.588. The number of aromatic nitrogens is 1. The standard InChI is InChI=1S/C17H21NOTe/c1-2-12-4-6-15-14-5-3-11-9-18-8-7-13(11)16(14)20-10-17(12,15)19/h2,7-9,12,14-16,19H,1,3-6,10H2/t12-,14+,15+,16-,17+/m0/s1. The van der Waals surface area contributed by atoms with Gasteiger partial charge in [-0.3, -0.25) is 0 Å². The van der Waals surface area contributed by atoms with E-state index < -0.39 is 5.60 Å². The van der Waals surface area contributed by atoms with Gasteiger partial charge in [-0.25, -0.2) is 0 Å². The number of hydrogen-bond acceptors (Lipinski definition) is 2. The number of rotatable bonds is 1. The zero-order valence-corrected chi connectivity index (χ0v) is 14.0. The molecule has 1 saturated heterocycles. The quantitative estimate of drug-likeness (QED) is 0.598. The summed E-state index contributed by atoms with van der Waals surface area (Å²) < 4.78 is 1.85. The van der Waals surface area contributed by atoms with Crippen molar-refractivity contribution in [3.05, 3.63) is 42.2 Å². The van der Waals surface area contributed by atoms with Crippen LogP contribution < -0.4 is 0 Å². The number of hydrogen-bond donors (Lipinski definition) is 1. The van der Waals surface area contributed by atoms with Crippen LogP contribution in [0.1, 0.15) is 34.4 Å². The summed E-state index contributed by atoms with van der Waals surface area (Å²) in [5.41, 5.74) is 2.64. The van der Waals surface area contributed by atoms with Gasteiger partial charge in [-0.1, -0.05) is 0 Å². The van der Waals surface area contributed by atoms with Crippen LogP contribution in [0.3, 0.4) is 0 Å². The molecule has 0 radical (unpaired) electrons. The van der Waals surface area contributed by atoms with Gasteiger partial charge in [0.25, 0.3) is 0 Å². The molecule has 0 aromatic carbocycles. The molecular formula is C17H21NOTe. The Bertz CT molecular complexity index is 546. The monoisotopic (exact) mass is 385 g/mol. The van der Waals surface area contributed by atoms with Crippen molar-refractivity contribution in [3.8, 4) is 0 Å². The maximum atomic E-state index is 11.2. The molecule has 1 aromatic heterocycles. The first-order chi connectivity index (χ1) is 9.74. The minimum atomic E-state index is -0.407. The SMILES string of the molecule is C=C[C@H]1CC[C@@H]2[C@H]3CCc4cnccc4[C@@H]3[Te]C[C@]21O. The fourth-order valence-corrected chi connectivity index (χ4v) is 10.0. The second kappa shape index (κ2) is 4.83. The van der Waals surface area contributed by atoms with Crippen LogP contribution in [0.4, 0.5) is 0 Å². The van der Waals surface area contributed by atoms with Gasteiger partial charge in [-0.05, 0) is 0 Å². The third-order valence-corrected chi connectivity index (χ3v) is 10.3. The van der Waals surface area contributed by atoms with E-state index in [9.17, 15) is 5.11 Å². The number of aliphatic hydroxyl groups is 1. The molecule has 2 fully saturated rings. The molecule has 2 heterocycles. The second-order valence-corrected chi connectivity index (χ2v) is 9.75. The molecule has 0 unspecified atom stereocenters. The van der Waals surface area contributed by atoms with Crippen molar-refractivity contribution in [2.75, 3.05) is 0 Å². The Kier molecular flexibility index (Phi) is 3.22. The molecule has 5 atom stereocenters. The van der Waals surface area contributed by atoms with Crippen LogP contribution in [-0.2, 0) is 6.42 Å². The molecule has 4 rings (SSSR count). The van der Waals surface area contributed by atoms with E-state index in [2.05, 4.69) is 23.8 Å². The van der Waals surface area contributed by atoms with E-state index in [0.29, 0.717) is 11.8 Å². The molecule has 0 bridgehead atoms. The van der Waals surface area contributed by atoms with E-state index in [4.69, 9.17) is 0 Å². The number of fused-ring (bicyclic) bond motifs is 5. The Balaban J connectivity index is 1.70. The average molecular weight is 383 g/mol. The van der Waals surface area contributed by atoms with Crippen LogP contribution >= 0.6 is 0 Å². The van der Waals surface area contributed by atoms with E-state index >= 15 is 0 Å². The van der Waals surface area contributed by atoms with Gasteiger partial charge in [0.15, 0.2) is 0 Å². The Hall–Kier alpha value is -0.360. The van der Waals surface area contributed by atoms with Gasteiger partial charge in [0.1, 0.15) is 0 Å². The van der Waals surface area contributed by atoms with Crippen molar-refractivity contribution in [3.63, 3.8) is 0 Å². The number of nitrogens with zero attached hydrogens (tertiary/aromatic N) is 1. The number of pyridine rings is 1. The summed E-state index contributed by atoms with van der Waals surface area (Å²) in [7, 11) is 0. The van der Waals surface area contributed by atoms with E-state index in [1.807, 2.05) is 12.3 Å². The van der Waals surface area contributed by atoms with Crippen molar-refractivity contribution in [2.45, 2.75) is 39.7 Å². The second-order valence-electron chi connectivity index (χ2n) is 6.53. The van der Waals surface area contributed by atoms with Crippen LogP contribution in [0.15, 0.2) is 31.1 Å². The van der Waals surface area contributed by atoms with E-state index in [-0.39, 0.29) is 20.9 Å². The molecule has 1 aromatic rings. The van der Waals surface area contributed by atoms with Gasteiger partial charge in [0.05, 0.1) is 0 Å². The van der Waals surface area contributed by atoms with Gasteiger partial charge >= 0.3 is 131 Å². The molecule has 3 aliphatic rings. The van der Waals surface area contributed by atoms with Crippen molar-refractivity contribution >= 4 is 20.9 Å². The van der Waals surface area contributed by atoms with Crippen LogP contribution in [0.5, 0.6) is 0 Å². The average Bonchev–Trinajstić information content (AvgIpc) is 2.83. The summed E-state index contributed by atoms with van der Waals surface area (Å²) in [5.74, 6) is 1.57. The van der Waals surface area contributed by atoms with E-state index in [1.165, 1.54) is 18.4 Å². The third-order valence-electron chi connectivity index (χ3n) is 5.75. The van der Waals surface area contributed by atoms with Gasteiger partial charge in [-0.2, -0.15) is 0 Å². The Morgan fingerprint density at radius 3 is 3.15 bits per heavy atom. The summed E-state index contributed by atoms with van der Waals surface area (Å²) in [6.45, 7) is 3.97. The Labute approximate surface area is 130 Å². The van der Waals surface area contributed by atoms with Crippen LogP contribution in [0.2, 0.25) is 4.47 Å². The molecule has 0 spiro atoms. The molecule has 20 heavy (non-hydrogen) atoms. The topological polar surface area (TPSA) is 33.1 Å². The van der Waals surface area contributed by atoms with E-state index in [0.717, 1.165) is 27.2 Å². The van der Waals surface area contributed by atoms with Crippen LogP contribution in [-0.4, -0.2) is 36.6 Å². The molecule has 1 aliphatic heterocycles. The molecule has 2 nitrogen and oxygen atoms in total. The van der Waals surface area contributed by atoms with Gasteiger partial charge in [0.2, 0.25) is 0 Å². The first-order valence-corrected chi connectivity index (χ1v) is 10.6. The molecule has 1 N–H and O–H groups in total. The summed E-state index contributed by atoms with van der Waals surface area (Å²) in [6.07, 6.45) is 10.8. The van der Waals surface area contributed by atoms with Crippen molar-refractivity contribution < 1.29 is 5.11 Å². The predicted molar refractivity (Wildman–Crippen MR) is 80.7 cm³/mol. The first-order valence-electron chi connectivity index (χ1n) is 7.63. The Morgan fingerprint density at radius 1 is 1.40 bits per heavy atom. The zero-order valence-electron chi connectivity index (χ0n) is 11.7. The molecule has 3 heteroatoms. The minimum absolute atomic E-state index is 0.178. The number of aryl methyl sites for hydroxylation is 1. The summed E-state index contributed by atoms with van der Waals surface area (Å²) in [6, 6.07) is 2.25. The predicted octanol–water partition coefficient (Wildman–Crippen LogP) is 2.76. The van der Waals surface area contributed by atoms with Gasteiger partial charge < -0.3 is 0 Å². The zero-order chi connectivity index (χ0) is 13.7. The molecular weight excluding hydrogens is 362 g/mol. The molecule has 0 amide bonds. The molecule has 2 aliphatic carbocycles. The van der Waals surface area contributed by atoms with Crippen LogP contribution in [0.25, 0.3) is 0 Å². The first kappa shape index (κ1) is 13.3.